The van der Waals surface area contributed by atoms with Gasteiger partial charge >= 0.3 is 6.03 Å². The zero-order valence-electron chi connectivity index (χ0n) is 13.3. The maximum absolute atomic E-state index is 12.5. The highest BCUT2D eigenvalue weighted by Crippen LogP contribution is 2.35. The number of carbonyl (C=O) groups is 2. The Hall–Kier alpha value is -0.850. The molecule has 1 saturated carbocycles. The molecule has 3 amide bonds. The quantitative estimate of drug-likeness (QED) is 0.752. The van der Waals surface area contributed by atoms with Crippen molar-refractivity contribution in [1.82, 2.24) is 15.1 Å². The maximum Gasteiger partial charge on any atom is 0.325 e. The van der Waals surface area contributed by atoms with Crippen molar-refractivity contribution >= 4 is 24.3 Å². The Bertz CT molecular complexity index is 453. The second kappa shape index (κ2) is 6.34. The van der Waals surface area contributed by atoms with E-state index in [4.69, 9.17) is 5.73 Å². The van der Waals surface area contributed by atoms with Crippen molar-refractivity contribution in [3.8, 4) is 0 Å². The van der Waals surface area contributed by atoms with Gasteiger partial charge < -0.3 is 16.0 Å². The predicted octanol–water partition coefficient (Wildman–Crippen LogP) is 0.944. The highest BCUT2D eigenvalue weighted by Gasteiger charge is 2.52. The van der Waals surface area contributed by atoms with E-state index < -0.39 is 5.54 Å². The monoisotopic (exact) mass is 330 g/mol. The lowest BCUT2D eigenvalue weighted by Crippen LogP contribution is -2.44. The minimum atomic E-state index is -0.576. The molecule has 0 aromatic carbocycles. The van der Waals surface area contributed by atoms with Gasteiger partial charge in [0.2, 0.25) is 0 Å². The number of hydrogen-bond acceptors (Lipinski definition) is 4. The summed E-state index contributed by atoms with van der Waals surface area (Å²) in [5, 5.41) is 2.93. The summed E-state index contributed by atoms with van der Waals surface area (Å²) in [6.45, 7) is 6.10. The molecule has 3 N–H and O–H groups in total. The smallest absolute Gasteiger partial charge is 0.325 e. The third-order valence-corrected chi connectivity index (χ3v) is 5.47. The van der Waals surface area contributed by atoms with Crippen LogP contribution >= 0.6 is 12.4 Å². The van der Waals surface area contributed by atoms with Crippen molar-refractivity contribution in [1.29, 1.82) is 0 Å². The normalized spacial score (nSPS) is 30.9. The SMILES string of the molecule is CC1(CN)CCN(CCN2C(=O)NC3(CCCC3)C2=O)C1.Cl. The van der Waals surface area contributed by atoms with Gasteiger partial charge in [0.05, 0.1) is 0 Å². The molecule has 3 fully saturated rings. The molecule has 6 nitrogen and oxygen atoms in total. The summed E-state index contributed by atoms with van der Waals surface area (Å²) in [6, 6.07) is -0.206. The molecule has 3 rings (SSSR count). The largest absolute Gasteiger partial charge is 0.330 e. The molecular weight excluding hydrogens is 304 g/mol. The van der Waals surface area contributed by atoms with E-state index in [1.807, 2.05) is 0 Å². The molecule has 0 aromatic heterocycles. The number of rotatable bonds is 4. The summed E-state index contributed by atoms with van der Waals surface area (Å²) in [5.74, 6) is -0.00853. The molecule has 22 heavy (non-hydrogen) atoms. The molecule has 2 heterocycles. The molecule has 7 heteroatoms. The molecule has 2 saturated heterocycles. The van der Waals surface area contributed by atoms with Gasteiger partial charge in [0.25, 0.3) is 5.91 Å². The van der Waals surface area contributed by atoms with E-state index in [0.29, 0.717) is 13.1 Å². The zero-order chi connectivity index (χ0) is 15.1. The van der Waals surface area contributed by atoms with Gasteiger partial charge in [0, 0.05) is 19.6 Å². The van der Waals surface area contributed by atoms with Crippen LogP contribution in [0.15, 0.2) is 0 Å². The lowest BCUT2D eigenvalue weighted by molar-refractivity contribution is -0.131. The summed E-state index contributed by atoms with van der Waals surface area (Å²) in [7, 11) is 0. The van der Waals surface area contributed by atoms with Crippen LogP contribution in [0.3, 0.4) is 0 Å². The van der Waals surface area contributed by atoms with Gasteiger partial charge in [-0.2, -0.15) is 0 Å². The number of nitrogens with two attached hydrogens (primary N) is 1. The second-order valence-electron chi connectivity index (χ2n) is 7.22. The van der Waals surface area contributed by atoms with Crippen molar-refractivity contribution < 1.29 is 9.59 Å². The Balaban J connectivity index is 0.00000176. The fourth-order valence-electron chi connectivity index (χ4n) is 3.92. The molecular formula is C15H27ClN4O2. The van der Waals surface area contributed by atoms with E-state index in [2.05, 4.69) is 17.1 Å². The van der Waals surface area contributed by atoms with Gasteiger partial charge in [-0.3, -0.25) is 9.69 Å². The first-order valence-corrected chi connectivity index (χ1v) is 8.05. The maximum atomic E-state index is 12.5. The summed E-state index contributed by atoms with van der Waals surface area (Å²) in [4.78, 5) is 28.4. The number of carbonyl (C=O) groups excluding carboxylic acids is 2. The van der Waals surface area contributed by atoms with E-state index in [1.165, 1.54) is 4.90 Å². The summed E-state index contributed by atoms with van der Waals surface area (Å²) in [6.07, 6.45) is 4.74. The topological polar surface area (TPSA) is 78.7 Å². The number of amides is 3. The lowest BCUT2D eigenvalue weighted by Gasteiger charge is -2.24. The van der Waals surface area contributed by atoms with Gasteiger partial charge in [-0.05, 0) is 37.8 Å². The van der Waals surface area contributed by atoms with Crippen molar-refractivity contribution in [2.45, 2.75) is 44.6 Å². The number of hydrogen-bond donors (Lipinski definition) is 2. The van der Waals surface area contributed by atoms with E-state index in [1.54, 1.807) is 0 Å². The molecule has 0 aromatic rings. The third-order valence-electron chi connectivity index (χ3n) is 5.47. The Kier molecular flexibility index (Phi) is 5.04. The van der Waals surface area contributed by atoms with E-state index >= 15 is 0 Å². The Morgan fingerprint density at radius 2 is 1.86 bits per heavy atom. The van der Waals surface area contributed by atoms with Crippen LogP contribution in [-0.2, 0) is 4.79 Å². The Morgan fingerprint density at radius 3 is 2.45 bits per heavy atom. The summed E-state index contributed by atoms with van der Waals surface area (Å²) < 4.78 is 0. The summed E-state index contributed by atoms with van der Waals surface area (Å²) >= 11 is 0. The van der Waals surface area contributed by atoms with Crippen molar-refractivity contribution in [2.24, 2.45) is 11.1 Å². The Labute approximate surface area is 138 Å². The van der Waals surface area contributed by atoms with Gasteiger partial charge in [0.1, 0.15) is 5.54 Å². The third kappa shape index (κ3) is 2.96. The molecule has 1 atom stereocenters. The van der Waals surface area contributed by atoms with E-state index in [9.17, 15) is 9.59 Å². The molecule has 1 unspecified atom stereocenters. The Morgan fingerprint density at radius 1 is 1.18 bits per heavy atom. The average Bonchev–Trinajstić information content (AvgIpc) is 3.12. The van der Waals surface area contributed by atoms with Crippen LogP contribution in [0, 0.1) is 5.41 Å². The van der Waals surface area contributed by atoms with E-state index in [-0.39, 0.29) is 29.8 Å². The van der Waals surface area contributed by atoms with Crippen LogP contribution in [-0.4, -0.2) is 60.0 Å². The second-order valence-corrected chi connectivity index (χ2v) is 7.22. The van der Waals surface area contributed by atoms with Gasteiger partial charge in [-0.15, -0.1) is 12.4 Å². The minimum absolute atomic E-state index is 0. The molecule has 1 aliphatic carbocycles. The number of nitrogens with zero attached hydrogens (tertiary/aromatic N) is 2. The number of imide groups is 1. The van der Waals surface area contributed by atoms with Crippen LogP contribution in [0.1, 0.15) is 39.0 Å². The van der Waals surface area contributed by atoms with Crippen LogP contribution in [0.5, 0.6) is 0 Å². The highest BCUT2D eigenvalue weighted by molar-refractivity contribution is 6.07. The average molecular weight is 331 g/mol. The number of likely N-dealkylation sites (tertiary alicyclic amines) is 1. The highest BCUT2D eigenvalue weighted by atomic mass is 35.5. The zero-order valence-corrected chi connectivity index (χ0v) is 14.1. The van der Waals surface area contributed by atoms with E-state index in [0.717, 1.165) is 51.7 Å². The lowest BCUT2D eigenvalue weighted by atomic mass is 9.90. The fourth-order valence-corrected chi connectivity index (χ4v) is 3.92. The first kappa shape index (κ1) is 17.5. The molecule has 3 aliphatic rings. The van der Waals surface area contributed by atoms with Gasteiger partial charge in [0.15, 0.2) is 0 Å². The number of urea groups is 1. The molecule has 126 valence electrons. The van der Waals surface area contributed by atoms with Crippen LogP contribution in [0.2, 0.25) is 0 Å². The molecule has 1 spiro atoms. The van der Waals surface area contributed by atoms with Gasteiger partial charge in [-0.25, -0.2) is 4.79 Å². The molecule has 2 aliphatic heterocycles. The van der Waals surface area contributed by atoms with Crippen LogP contribution in [0.25, 0.3) is 0 Å². The van der Waals surface area contributed by atoms with Crippen LogP contribution in [0.4, 0.5) is 4.79 Å². The first-order valence-electron chi connectivity index (χ1n) is 8.05. The molecule has 0 radical (unpaired) electrons. The number of nitrogens with one attached hydrogen (secondary N) is 1. The molecule has 0 bridgehead atoms. The first-order chi connectivity index (χ1) is 9.98. The summed E-state index contributed by atoms with van der Waals surface area (Å²) in [5.41, 5.74) is 5.42. The minimum Gasteiger partial charge on any atom is -0.330 e. The van der Waals surface area contributed by atoms with Crippen LogP contribution < -0.4 is 11.1 Å². The standard InChI is InChI=1S/C15H26N4O2.ClH/c1-14(10-16)6-7-18(11-14)8-9-19-12(20)15(17-13(19)21)4-2-3-5-15;/h2-11,16H2,1H3,(H,17,21);1H. The fraction of sp³-hybridized carbons (Fsp3) is 0.867. The van der Waals surface area contributed by atoms with Gasteiger partial charge in [-0.1, -0.05) is 19.8 Å². The predicted molar refractivity (Wildman–Crippen MR) is 86.9 cm³/mol. The number of halogens is 1. The van der Waals surface area contributed by atoms with Crippen molar-refractivity contribution in [2.75, 3.05) is 32.7 Å². The van der Waals surface area contributed by atoms with Crippen molar-refractivity contribution in [3.05, 3.63) is 0 Å². The van der Waals surface area contributed by atoms with Crippen molar-refractivity contribution in [3.63, 3.8) is 0 Å².